The SMILES string of the molecule is CC(N)Cc1c[nH]c2cc(C(F)(F)F)ccc12. The smallest absolute Gasteiger partial charge is 0.361 e. The Morgan fingerprint density at radius 2 is 2.06 bits per heavy atom. The number of aromatic nitrogens is 1. The molecule has 2 rings (SSSR count). The number of aromatic amines is 1. The summed E-state index contributed by atoms with van der Waals surface area (Å²) in [5.74, 6) is 0. The maximum Gasteiger partial charge on any atom is 0.416 e. The molecule has 1 heterocycles. The first-order chi connectivity index (χ1) is 7.88. The Bertz CT molecular complexity index is 526. The average molecular weight is 242 g/mol. The third-order valence-electron chi connectivity index (χ3n) is 2.64. The Kier molecular flexibility index (Phi) is 2.87. The van der Waals surface area contributed by atoms with Gasteiger partial charge < -0.3 is 10.7 Å². The maximum atomic E-state index is 12.5. The average Bonchev–Trinajstić information content (AvgIpc) is 2.59. The molecule has 2 nitrogen and oxygen atoms in total. The van der Waals surface area contributed by atoms with Gasteiger partial charge >= 0.3 is 6.18 Å². The van der Waals surface area contributed by atoms with E-state index in [2.05, 4.69) is 4.98 Å². The van der Waals surface area contributed by atoms with Crippen molar-refractivity contribution in [3.63, 3.8) is 0 Å². The summed E-state index contributed by atoms with van der Waals surface area (Å²) in [5, 5.41) is 0.801. The summed E-state index contributed by atoms with van der Waals surface area (Å²) in [5.41, 5.74) is 6.48. The molecular weight excluding hydrogens is 229 g/mol. The van der Waals surface area contributed by atoms with Crippen LogP contribution < -0.4 is 5.73 Å². The zero-order valence-electron chi connectivity index (χ0n) is 9.31. The van der Waals surface area contributed by atoms with E-state index in [0.717, 1.165) is 23.1 Å². The van der Waals surface area contributed by atoms with E-state index < -0.39 is 11.7 Å². The van der Waals surface area contributed by atoms with Gasteiger partial charge in [0.25, 0.3) is 0 Å². The van der Waals surface area contributed by atoms with Crippen LogP contribution in [-0.2, 0) is 12.6 Å². The van der Waals surface area contributed by atoms with E-state index in [1.165, 1.54) is 6.07 Å². The van der Waals surface area contributed by atoms with Gasteiger partial charge in [-0.15, -0.1) is 0 Å². The Hall–Kier alpha value is -1.49. The minimum atomic E-state index is -4.30. The first-order valence-corrected chi connectivity index (χ1v) is 5.30. The second-order valence-corrected chi connectivity index (χ2v) is 4.25. The lowest BCUT2D eigenvalue weighted by Gasteiger charge is -2.07. The van der Waals surface area contributed by atoms with Crippen molar-refractivity contribution in [2.24, 2.45) is 5.73 Å². The number of nitrogens with two attached hydrogens (primary N) is 1. The van der Waals surface area contributed by atoms with Crippen molar-refractivity contribution in [2.45, 2.75) is 25.6 Å². The number of hydrogen-bond acceptors (Lipinski definition) is 1. The van der Waals surface area contributed by atoms with Crippen LogP contribution in [0.25, 0.3) is 10.9 Å². The zero-order chi connectivity index (χ0) is 12.6. The van der Waals surface area contributed by atoms with E-state index >= 15 is 0 Å². The number of alkyl halides is 3. The van der Waals surface area contributed by atoms with Gasteiger partial charge in [-0.3, -0.25) is 0 Å². The number of rotatable bonds is 2. The van der Waals surface area contributed by atoms with Crippen LogP contribution in [-0.4, -0.2) is 11.0 Å². The molecule has 1 aromatic carbocycles. The topological polar surface area (TPSA) is 41.8 Å². The second-order valence-electron chi connectivity index (χ2n) is 4.25. The number of benzene rings is 1. The fourth-order valence-electron chi connectivity index (χ4n) is 1.88. The van der Waals surface area contributed by atoms with E-state index in [1.54, 1.807) is 6.20 Å². The van der Waals surface area contributed by atoms with Gasteiger partial charge in [0.15, 0.2) is 0 Å². The van der Waals surface area contributed by atoms with Crippen molar-refractivity contribution in [1.29, 1.82) is 0 Å². The molecule has 0 spiro atoms. The van der Waals surface area contributed by atoms with Gasteiger partial charge in [0.05, 0.1) is 5.56 Å². The molecule has 0 aliphatic carbocycles. The van der Waals surface area contributed by atoms with Gasteiger partial charge in [-0.1, -0.05) is 6.07 Å². The largest absolute Gasteiger partial charge is 0.416 e. The van der Waals surface area contributed by atoms with Gasteiger partial charge in [-0.25, -0.2) is 0 Å². The Morgan fingerprint density at radius 3 is 2.65 bits per heavy atom. The van der Waals surface area contributed by atoms with Gasteiger partial charge in [0.2, 0.25) is 0 Å². The third kappa shape index (κ3) is 2.44. The summed E-state index contributed by atoms with van der Waals surface area (Å²) in [6.07, 6.45) is -1.94. The van der Waals surface area contributed by atoms with Crippen molar-refractivity contribution in [3.05, 3.63) is 35.5 Å². The van der Waals surface area contributed by atoms with Crippen LogP contribution >= 0.6 is 0 Å². The van der Waals surface area contributed by atoms with Gasteiger partial charge in [0, 0.05) is 23.1 Å². The molecule has 0 saturated carbocycles. The fraction of sp³-hybridized carbons (Fsp3) is 0.333. The summed E-state index contributed by atoms with van der Waals surface area (Å²) in [4.78, 5) is 2.85. The van der Waals surface area contributed by atoms with Crippen molar-refractivity contribution >= 4 is 10.9 Å². The predicted molar refractivity (Wildman–Crippen MR) is 60.7 cm³/mol. The molecule has 0 amide bonds. The molecule has 92 valence electrons. The highest BCUT2D eigenvalue weighted by atomic mass is 19.4. The second kappa shape index (κ2) is 4.07. The molecule has 1 unspecified atom stereocenters. The van der Waals surface area contributed by atoms with E-state index in [4.69, 9.17) is 5.73 Å². The quantitative estimate of drug-likeness (QED) is 0.834. The molecule has 1 aromatic heterocycles. The van der Waals surface area contributed by atoms with E-state index in [9.17, 15) is 13.2 Å². The summed E-state index contributed by atoms with van der Waals surface area (Å²) >= 11 is 0. The predicted octanol–water partition coefficient (Wildman–Crippen LogP) is 3.08. The van der Waals surface area contributed by atoms with Crippen molar-refractivity contribution in [1.82, 2.24) is 4.98 Å². The van der Waals surface area contributed by atoms with E-state index in [1.807, 2.05) is 6.92 Å². The Balaban J connectivity index is 2.45. The van der Waals surface area contributed by atoms with Crippen molar-refractivity contribution in [3.8, 4) is 0 Å². The summed E-state index contributed by atoms with van der Waals surface area (Å²) < 4.78 is 37.5. The first kappa shape index (κ1) is 12.0. The number of hydrogen-bond donors (Lipinski definition) is 2. The molecule has 0 aliphatic heterocycles. The molecule has 0 radical (unpaired) electrons. The number of halogens is 3. The minimum Gasteiger partial charge on any atom is -0.361 e. The van der Waals surface area contributed by atoms with Crippen LogP contribution in [0.4, 0.5) is 13.2 Å². The summed E-state index contributed by atoms with van der Waals surface area (Å²) in [6.45, 7) is 1.86. The van der Waals surface area contributed by atoms with Gasteiger partial charge in [-0.2, -0.15) is 13.2 Å². The van der Waals surface area contributed by atoms with E-state index in [0.29, 0.717) is 11.9 Å². The Labute approximate surface area is 96.6 Å². The third-order valence-corrected chi connectivity index (χ3v) is 2.64. The molecule has 17 heavy (non-hydrogen) atoms. The fourth-order valence-corrected chi connectivity index (χ4v) is 1.88. The van der Waals surface area contributed by atoms with Crippen molar-refractivity contribution in [2.75, 3.05) is 0 Å². The molecule has 3 N–H and O–H groups in total. The van der Waals surface area contributed by atoms with Crippen LogP contribution in [0.1, 0.15) is 18.1 Å². The van der Waals surface area contributed by atoms with Crippen LogP contribution in [0.2, 0.25) is 0 Å². The molecule has 0 bridgehead atoms. The molecule has 0 fully saturated rings. The van der Waals surface area contributed by atoms with Crippen molar-refractivity contribution < 1.29 is 13.2 Å². The molecule has 0 saturated heterocycles. The van der Waals surface area contributed by atoms with Crippen LogP contribution in [0.5, 0.6) is 0 Å². The molecule has 1 atom stereocenters. The highest BCUT2D eigenvalue weighted by Crippen LogP contribution is 2.32. The monoisotopic (exact) mass is 242 g/mol. The first-order valence-electron chi connectivity index (χ1n) is 5.30. The lowest BCUT2D eigenvalue weighted by atomic mass is 10.1. The summed E-state index contributed by atoms with van der Waals surface area (Å²) in [6, 6.07) is 3.70. The lowest BCUT2D eigenvalue weighted by Crippen LogP contribution is -2.17. The number of fused-ring (bicyclic) bond motifs is 1. The normalized spacial score (nSPS) is 14.2. The summed E-state index contributed by atoms with van der Waals surface area (Å²) in [7, 11) is 0. The number of nitrogens with one attached hydrogen (secondary N) is 1. The lowest BCUT2D eigenvalue weighted by molar-refractivity contribution is -0.137. The molecule has 0 aliphatic rings. The Morgan fingerprint density at radius 1 is 1.35 bits per heavy atom. The van der Waals surface area contributed by atoms with Crippen LogP contribution in [0, 0.1) is 0 Å². The van der Waals surface area contributed by atoms with Crippen LogP contribution in [0.15, 0.2) is 24.4 Å². The van der Waals surface area contributed by atoms with Gasteiger partial charge in [-0.05, 0) is 31.0 Å². The van der Waals surface area contributed by atoms with E-state index in [-0.39, 0.29) is 6.04 Å². The standard InChI is InChI=1S/C12H13F3N2/c1-7(16)4-8-6-17-11-5-9(12(13,14)15)2-3-10(8)11/h2-3,5-7,17H,4,16H2,1H3. The molecule has 2 aromatic rings. The van der Waals surface area contributed by atoms with Crippen LogP contribution in [0.3, 0.4) is 0 Å². The minimum absolute atomic E-state index is 0.0173. The highest BCUT2D eigenvalue weighted by molar-refractivity contribution is 5.84. The highest BCUT2D eigenvalue weighted by Gasteiger charge is 2.30. The maximum absolute atomic E-state index is 12.5. The number of H-pyrrole nitrogens is 1. The van der Waals surface area contributed by atoms with Gasteiger partial charge in [0.1, 0.15) is 0 Å². The zero-order valence-corrected chi connectivity index (χ0v) is 9.31. The molecular formula is C12H13F3N2. The molecule has 5 heteroatoms.